The number of carbonyl (C=O) groups is 1. The molecule has 0 bridgehead atoms. The third-order valence-corrected chi connectivity index (χ3v) is 2.19. The molecule has 0 unspecified atom stereocenters. The maximum atomic E-state index is 13.6. The quantitative estimate of drug-likeness (QED) is 0.650. The third kappa shape index (κ3) is 2.81. The summed E-state index contributed by atoms with van der Waals surface area (Å²) in [5, 5.41) is 0. The molecular weight excluding hydrogens is 226 g/mol. The second-order valence-corrected chi connectivity index (χ2v) is 3.94. The van der Waals surface area contributed by atoms with Crippen molar-refractivity contribution in [2.45, 2.75) is 6.92 Å². The molecule has 0 aliphatic rings. The van der Waals surface area contributed by atoms with Gasteiger partial charge in [0.1, 0.15) is 11.4 Å². The van der Waals surface area contributed by atoms with Gasteiger partial charge in [0.15, 0.2) is 5.82 Å². The number of nitrogen functional groups attached to an aromatic ring is 1. The molecule has 17 heavy (non-hydrogen) atoms. The molecule has 0 saturated carbocycles. The number of likely N-dealkylation sites (N-methyl/N-ethyl adjacent to an activating group) is 1. The van der Waals surface area contributed by atoms with Gasteiger partial charge in [-0.05, 0) is 19.1 Å². The molecule has 0 spiro atoms. The van der Waals surface area contributed by atoms with Crippen LogP contribution in [0.3, 0.4) is 0 Å². The number of nitrogens with two attached hydrogens (primary N) is 1. The Kier molecular flexibility index (Phi) is 3.83. The Morgan fingerprint density at radius 3 is 2.59 bits per heavy atom. The van der Waals surface area contributed by atoms with Gasteiger partial charge in [0, 0.05) is 13.6 Å². The van der Waals surface area contributed by atoms with Crippen LogP contribution in [0.4, 0.5) is 14.5 Å². The lowest BCUT2D eigenvalue weighted by Crippen LogP contribution is -2.30. The molecule has 0 saturated heterocycles. The van der Waals surface area contributed by atoms with E-state index in [1.54, 1.807) is 6.92 Å². The highest BCUT2D eigenvalue weighted by molar-refractivity contribution is 5.95. The summed E-state index contributed by atoms with van der Waals surface area (Å²) in [7, 11) is 1.44. The molecule has 1 aromatic rings. The van der Waals surface area contributed by atoms with Crippen molar-refractivity contribution < 1.29 is 13.6 Å². The zero-order valence-corrected chi connectivity index (χ0v) is 9.76. The summed E-state index contributed by atoms with van der Waals surface area (Å²) in [5.74, 6) is -2.70. The molecule has 0 radical (unpaired) electrons. The standard InChI is InChI=1S/C12H14F2N2O/c1-7(2)6-16(3)12(17)10-8(13)4-5-9(15)11(10)14/h4-5H,1,6,15H2,2-3H3. The maximum absolute atomic E-state index is 13.6. The van der Waals surface area contributed by atoms with Crippen LogP contribution in [0.2, 0.25) is 0 Å². The zero-order chi connectivity index (χ0) is 13.2. The number of halogens is 2. The molecule has 2 N–H and O–H groups in total. The molecule has 0 fully saturated rings. The van der Waals surface area contributed by atoms with E-state index in [0.29, 0.717) is 5.57 Å². The maximum Gasteiger partial charge on any atom is 0.259 e. The van der Waals surface area contributed by atoms with E-state index < -0.39 is 23.1 Å². The predicted molar refractivity (Wildman–Crippen MR) is 62.5 cm³/mol. The van der Waals surface area contributed by atoms with E-state index >= 15 is 0 Å². The first-order valence-corrected chi connectivity index (χ1v) is 4.98. The summed E-state index contributed by atoms with van der Waals surface area (Å²) in [6.07, 6.45) is 0. The average Bonchev–Trinajstić information content (AvgIpc) is 2.23. The number of carbonyl (C=O) groups excluding carboxylic acids is 1. The Bertz CT molecular complexity index is 472. The largest absolute Gasteiger partial charge is 0.396 e. The van der Waals surface area contributed by atoms with E-state index in [1.165, 1.54) is 11.9 Å². The number of nitrogens with zero attached hydrogens (tertiary/aromatic N) is 1. The Morgan fingerprint density at radius 1 is 1.47 bits per heavy atom. The monoisotopic (exact) mass is 240 g/mol. The average molecular weight is 240 g/mol. The van der Waals surface area contributed by atoms with Gasteiger partial charge in [-0.1, -0.05) is 12.2 Å². The van der Waals surface area contributed by atoms with E-state index in [-0.39, 0.29) is 12.2 Å². The van der Waals surface area contributed by atoms with Crippen molar-refractivity contribution in [3.8, 4) is 0 Å². The molecule has 1 aromatic carbocycles. The molecule has 5 heteroatoms. The van der Waals surface area contributed by atoms with E-state index in [1.807, 2.05) is 0 Å². The van der Waals surface area contributed by atoms with Crippen molar-refractivity contribution in [1.29, 1.82) is 0 Å². The Labute approximate surface area is 98.5 Å². The van der Waals surface area contributed by atoms with E-state index in [4.69, 9.17) is 5.73 Å². The second kappa shape index (κ2) is 4.95. The lowest BCUT2D eigenvalue weighted by molar-refractivity contribution is 0.0797. The summed E-state index contributed by atoms with van der Waals surface area (Å²) in [5.41, 5.74) is 5.13. The van der Waals surface area contributed by atoms with Gasteiger partial charge < -0.3 is 10.6 Å². The predicted octanol–water partition coefficient (Wildman–Crippen LogP) is 2.20. The fraction of sp³-hybridized carbons (Fsp3) is 0.250. The fourth-order valence-electron chi connectivity index (χ4n) is 1.43. The van der Waals surface area contributed by atoms with Gasteiger partial charge in [0.2, 0.25) is 0 Å². The van der Waals surface area contributed by atoms with Crippen LogP contribution in [-0.2, 0) is 0 Å². The molecular formula is C12H14F2N2O. The number of anilines is 1. The van der Waals surface area contributed by atoms with Crippen LogP contribution in [0.25, 0.3) is 0 Å². The van der Waals surface area contributed by atoms with Crippen LogP contribution in [0, 0.1) is 11.6 Å². The number of benzene rings is 1. The Hall–Kier alpha value is -1.91. The van der Waals surface area contributed by atoms with Crippen molar-refractivity contribution in [2.75, 3.05) is 19.3 Å². The van der Waals surface area contributed by atoms with Crippen LogP contribution in [0.15, 0.2) is 24.3 Å². The first-order chi connectivity index (χ1) is 7.84. The number of amides is 1. The molecule has 0 aliphatic heterocycles. The highest BCUT2D eigenvalue weighted by Crippen LogP contribution is 2.20. The van der Waals surface area contributed by atoms with Gasteiger partial charge in [-0.15, -0.1) is 0 Å². The van der Waals surface area contributed by atoms with Gasteiger partial charge in [-0.3, -0.25) is 4.79 Å². The van der Waals surface area contributed by atoms with Crippen LogP contribution < -0.4 is 5.73 Å². The van der Waals surface area contributed by atoms with Gasteiger partial charge in [0.25, 0.3) is 5.91 Å². The van der Waals surface area contributed by atoms with Crippen molar-refractivity contribution in [2.24, 2.45) is 0 Å². The van der Waals surface area contributed by atoms with Gasteiger partial charge >= 0.3 is 0 Å². The second-order valence-electron chi connectivity index (χ2n) is 3.94. The van der Waals surface area contributed by atoms with Crippen molar-refractivity contribution in [3.63, 3.8) is 0 Å². The fourth-order valence-corrected chi connectivity index (χ4v) is 1.43. The number of rotatable bonds is 3. The molecule has 0 aromatic heterocycles. The molecule has 0 atom stereocenters. The van der Waals surface area contributed by atoms with Crippen LogP contribution in [-0.4, -0.2) is 24.4 Å². The van der Waals surface area contributed by atoms with E-state index in [2.05, 4.69) is 6.58 Å². The molecule has 0 aliphatic carbocycles. The summed E-state index contributed by atoms with van der Waals surface area (Å²) < 4.78 is 27.0. The van der Waals surface area contributed by atoms with Crippen molar-refractivity contribution >= 4 is 11.6 Å². The molecule has 1 rings (SSSR count). The minimum atomic E-state index is -1.02. The summed E-state index contributed by atoms with van der Waals surface area (Å²) in [6.45, 7) is 5.57. The first-order valence-electron chi connectivity index (χ1n) is 4.98. The zero-order valence-electron chi connectivity index (χ0n) is 9.76. The molecule has 92 valence electrons. The highest BCUT2D eigenvalue weighted by atomic mass is 19.1. The number of hydrogen-bond donors (Lipinski definition) is 1. The lowest BCUT2D eigenvalue weighted by atomic mass is 10.1. The topological polar surface area (TPSA) is 46.3 Å². The summed E-state index contributed by atoms with van der Waals surface area (Å²) in [4.78, 5) is 13.0. The minimum absolute atomic E-state index is 0.229. The molecule has 0 heterocycles. The van der Waals surface area contributed by atoms with Crippen LogP contribution in [0.5, 0.6) is 0 Å². The molecule has 3 nitrogen and oxygen atoms in total. The normalized spacial score (nSPS) is 10.1. The van der Waals surface area contributed by atoms with Gasteiger partial charge in [-0.25, -0.2) is 8.78 Å². The van der Waals surface area contributed by atoms with Crippen LogP contribution >= 0.6 is 0 Å². The van der Waals surface area contributed by atoms with Gasteiger partial charge in [0.05, 0.1) is 5.69 Å². The SMILES string of the molecule is C=C(C)CN(C)C(=O)c1c(F)ccc(N)c1F. The smallest absolute Gasteiger partial charge is 0.259 e. The van der Waals surface area contributed by atoms with Crippen LogP contribution in [0.1, 0.15) is 17.3 Å². The third-order valence-electron chi connectivity index (χ3n) is 2.19. The number of hydrogen-bond acceptors (Lipinski definition) is 2. The summed E-state index contributed by atoms with van der Waals surface area (Å²) >= 11 is 0. The van der Waals surface area contributed by atoms with Crippen molar-refractivity contribution in [1.82, 2.24) is 4.90 Å². The lowest BCUT2D eigenvalue weighted by Gasteiger charge is -2.18. The Balaban J connectivity index is 3.12. The highest BCUT2D eigenvalue weighted by Gasteiger charge is 2.22. The first kappa shape index (κ1) is 13.2. The minimum Gasteiger partial charge on any atom is -0.396 e. The van der Waals surface area contributed by atoms with Gasteiger partial charge in [-0.2, -0.15) is 0 Å². The van der Waals surface area contributed by atoms with E-state index in [9.17, 15) is 13.6 Å². The van der Waals surface area contributed by atoms with E-state index in [0.717, 1.165) is 12.1 Å². The van der Waals surface area contributed by atoms with Crippen molar-refractivity contribution in [3.05, 3.63) is 41.5 Å². The molecule has 1 amide bonds. The Morgan fingerprint density at radius 2 is 2.06 bits per heavy atom. The summed E-state index contributed by atoms with van der Waals surface area (Å²) in [6, 6.07) is 2.06.